The lowest BCUT2D eigenvalue weighted by Gasteiger charge is -1.99. The van der Waals surface area contributed by atoms with Gasteiger partial charge in [0.25, 0.3) is 0 Å². The number of allylic oxidation sites excluding steroid dienone is 2. The van der Waals surface area contributed by atoms with Gasteiger partial charge in [0.1, 0.15) is 0 Å². The summed E-state index contributed by atoms with van der Waals surface area (Å²) < 4.78 is 0. The summed E-state index contributed by atoms with van der Waals surface area (Å²) >= 11 is 0. The smallest absolute Gasteiger partial charge is 0.0581 e. The van der Waals surface area contributed by atoms with Crippen molar-refractivity contribution in [1.82, 2.24) is 5.32 Å². The first-order chi connectivity index (χ1) is 3.39. The van der Waals surface area contributed by atoms with E-state index in [-0.39, 0.29) is 0 Å². The van der Waals surface area contributed by atoms with Gasteiger partial charge in [0.05, 0.1) is 6.20 Å². The van der Waals surface area contributed by atoms with E-state index >= 15 is 0 Å². The van der Waals surface area contributed by atoms with Crippen molar-refractivity contribution >= 4 is 0 Å². The highest BCUT2D eigenvalue weighted by Gasteiger charge is 1.85. The van der Waals surface area contributed by atoms with Gasteiger partial charge in [-0.2, -0.15) is 0 Å². The first-order valence-electron chi connectivity index (χ1n) is 2.38. The Bertz CT molecular complexity index is 111. The van der Waals surface area contributed by atoms with E-state index in [2.05, 4.69) is 24.5 Å². The van der Waals surface area contributed by atoms with Gasteiger partial charge in [0, 0.05) is 6.54 Å². The van der Waals surface area contributed by atoms with Crippen molar-refractivity contribution in [3.05, 3.63) is 23.9 Å². The van der Waals surface area contributed by atoms with Gasteiger partial charge in [-0.25, -0.2) is 0 Å². The second kappa shape index (κ2) is 1.82. The van der Waals surface area contributed by atoms with Gasteiger partial charge in [-0.15, -0.1) is 0 Å². The normalized spacial score (nSPS) is 18.1. The lowest BCUT2D eigenvalue weighted by atomic mass is 10.2. The summed E-state index contributed by atoms with van der Waals surface area (Å²) in [7, 11) is 0. The van der Waals surface area contributed by atoms with Crippen molar-refractivity contribution < 1.29 is 0 Å². The summed E-state index contributed by atoms with van der Waals surface area (Å²) in [6.07, 6.45) is 6.95. The van der Waals surface area contributed by atoms with Gasteiger partial charge >= 0.3 is 0 Å². The molecule has 0 atom stereocenters. The van der Waals surface area contributed by atoms with E-state index < -0.39 is 0 Å². The zero-order valence-corrected chi connectivity index (χ0v) is 4.36. The molecule has 7 heavy (non-hydrogen) atoms. The molecular formula is C6H8N. The molecule has 0 saturated carbocycles. The first kappa shape index (κ1) is 4.44. The molecule has 1 radical (unpaired) electrons. The van der Waals surface area contributed by atoms with E-state index in [1.54, 1.807) is 0 Å². The molecule has 1 aliphatic rings. The average molecular weight is 94.1 g/mol. The molecule has 1 heterocycles. The third-order valence-electron chi connectivity index (χ3n) is 0.928. The van der Waals surface area contributed by atoms with Gasteiger partial charge < -0.3 is 5.32 Å². The molecule has 1 heteroatoms. The number of hydrogen-bond acceptors (Lipinski definition) is 1. The Kier molecular flexibility index (Phi) is 1.16. The predicted octanol–water partition coefficient (Wildman–Crippen LogP) is 0.853. The number of nitrogens with one attached hydrogen (secondary N) is 1. The van der Waals surface area contributed by atoms with Crippen molar-refractivity contribution in [2.24, 2.45) is 0 Å². The Balaban J connectivity index is 2.58. The number of dihydropyridines is 1. The van der Waals surface area contributed by atoms with E-state index in [1.807, 2.05) is 6.08 Å². The molecule has 0 aromatic rings. The highest BCUT2D eigenvalue weighted by molar-refractivity contribution is 5.16. The predicted molar refractivity (Wildman–Crippen MR) is 29.6 cm³/mol. The van der Waals surface area contributed by atoms with Crippen molar-refractivity contribution in [2.75, 3.05) is 6.54 Å². The van der Waals surface area contributed by atoms with E-state index in [1.165, 1.54) is 5.57 Å². The summed E-state index contributed by atoms with van der Waals surface area (Å²) in [4.78, 5) is 0. The van der Waals surface area contributed by atoms with Crippen molar-refractivity contribution in [1.29, 1.82) is 0 Å². The van der Waals surface area contributed by atoms with Crippen LogP contribution in [0.25, 0.3) is 0 Å². The van der Waals surface area contributed by atoms with Crippen LogP contribution in [0, 0.1) is 6.20 Å². The first-order valence-corrected chi connectivity index (χ1v) is 2.38. The monoisotopic (exact) mass is 94.1 g/mol. The Labute approximate surface area is 43.7 Å². The van der Waals surface area contributed by atoms with E-state index in [0.29, 0.717) is 0 Å². The van der Waals surface area contributed by atoms with Crippen LogP contribution in [0.1, 0.15) is 6.92 Å². The Morgan fingerprint density at radius 1 is 1.86 bits per heavy atom. The second-order valence-electron chi connectivity index (χ2n) is 1.62. The molecule has 0 fully saturated rings. The molecule has 37 valence electrons. The summed E-state index contributed by atoms with van der Waals surface area (Å²) in [5, 5.41) is 2.93. The number of rotatable bonds is 0. The minimum absolute atomic E-state index is 0.933. The topological polar surface area (TPSA) is 12.0 Å². The van der Waals surface area contributed by atoms with Gasteiger partial charge in [0.2, 0.25) is 0 Å². The maximum Gasteiger partial charge on any atom is 0.0581 e. The Morgan fingerprint density at radius 2 is 2.71 bits per heavy atom. The van der Waals surface area contributed by atoms with Gasteiger partial charge in [0.15, 0.2) is 0 Å². The third-order valence-corrected chi connectivity index (χ3v) is 0.928. The largest absolute Gasteiger partial charge is 0.380 e. The highest BCUT2D eigenvalue weighted by atomic mass is 14.8. The minimum atomic E-state index is 0.933. The van der Waals surface area contributed by atoms with Crippen LogP contribution in [-0.2, 0) is 0 Å². The molecular weight excluding hydrogens is 86.1 g/mol. The van der Waals surface area contributed by atoms with E-state index in [4.69, 9.17) is 0 Å². The fourth-order valence-electron chi connectivity index (χ4n) is 0.495. The molecule has 0 unspecified atom stereocenters. The fraction of sp³-hybridized carbons (Fsp3) is 0.333. The van der Waals surface area contributed by atoms with Crippen LogP contribution in [0.4, 0.5) is 0 Å². The molecule has 0 aliphatic carbocycles. The molecule has 0 aromatic carbocycles. The van der Waals surface area contributed by atoms with Crippen molar-refractivity contribution in [3.63, 3.8) is 0 Å². The maximum atomic E-state index is 2.93. The Hall–Kier alpha value is -0.720. The summed E-state index contributed by atoms with van der Waals surface area (Å²) in [6.45, 7) is 3.00. The van der Waals surface area contributed by atoms with Crippen LogP contribution in [0.3, 0.4) is 0 Å². The molecule has 1 rings (SSSR count). The molecule has 0 spiro atoms. The lowest BCUT2D eigenvalue weighted by Crippen LogP contribution is -2.08. The zero-order valence-electron chi connectivity index (χ0n) is 4.36. The van der Waals surface area contributed by atoms with Gasteiger partial charge in [-0.3, -0.25) is 0 Å². The maximum absolute atomic E-state index is 2.93. The second-order valence-corrected chi connectivity index (χ2v) is 1.62. The molecule has 1 aliphatic heterocycles. The van der Waals surface area contributed by atoms with Gasteiger partial charge in [-0.1, -0.05) is 11.6 Å². The van der Waals surface area contributed by atoms with Gasteiger partial charge in [-0.05, 0) is 13.0 Å². The van der Waals surface area contributed by atoms with E-state index in [0.717, 1.165) is 6.54 Å². The van der Waals surface area contributed by atoms with Crippen LogP contribution in [-0.4, -0.2) is 6.54 Å². The SMILES string of the molecule is CC1=CCN[C]=C1. The van der Waals surface area contributed by atoms with Crippen LogP contribution < -0.4 is 5.32 Å². The van der Waals surface area contributed by atoms with Crippen molar-refractivity contribution in [2.45, 2.75) is 6.92 Å². The number of hydrogen-bond donors (Lipinski definition) is 1. The molecule has 1 nitrogen and oxygen atoms in total. The van der Waals surface area contributed by atoms with Crippen molar-refractivity contribution in [3.8, 4) is 0 Å². The molecule has 0 bridgehead atoms. The third kappa shape index (κ3) is 1.07. The van der Waals surface area contributed by atoms with Crippen LogP contribution in [0.2, 0.25) is 0 Å². The quantitative estimate of drug-likeness (QED) is 0.469. The van der Waals surface area contributed by atoms with Crippen LogP contribution >= 0.6 is 0 Å². The van der Waals surface area contributed by atoms with E-state index in [9.17, 15) is 0 Å². The minimum Gasteiger partial charge on any atom is -0.380 e. The Morgan fingerprint density at radius 3 is 3.00 bits per heavy atom. The summed E-state index contributed by atoms with van der Waals surface area (Å²) in [5.41, 5.74) is 1.29. The lowest BCUT2D eigenvalue weighted by molar-refractivity contribution is 0.928. The molecule has 0 aromatic heterocycles. The average Bonchev–Trinajstić information content (AvgIpc) is 1.69. The highest BCUT2D eigenvalue weighted by Crippen LogP contribution is 1.94. The summed E-state index contributed by atoms with van der Waals surface area (Å²) in [5.74, 6) is 0. The standard InChI is InChI=1S/C6H8N/c1-6-2-4-7-5-3-6/h2-3,7H,4H2,1H3. The van der Waals surface area contributed by atoms with Crippen LogP contribution in [0.15, 0.2) is 17.7 Å². The molecule has 1 N–H and O–H groups in total. The molecule has 0 amide bonds. The van der Waals surface area contributed by atoms with Crippen LogP contribution in [0.5, 0.6) is 0 Å². The molecule has 0 saturated heterocycles. The summed E-state index contributed by atoms with van der Waals surface area (Å²) in [6, 6.07) is 0. The zero-order chi connectivity index (χ0) is 5.11. The fourth-order valence-corrected chi connectivity index (χ4v) is 0.495.